The van der Waals surface area contributed by atoms with Gasteiger partial charge in [-0.25, -0.2) is 14.8 Å². The molecule has 0 atom stereocenters. The standard InChI is InChI=1S/C13H12N4OS/c1-19-10-7-14-11-12(15-10)17(13(18)16-11)8-9-5-3-2-4-6-9/h2-7H,8H2,1H3,(H,14,16,18). The van der Waals surface area contributed by atoms with E-state index < -0.39 is 0 Å². The number of hydrogen-bond acceptors (Lipinski definition) is 4. The van der Waals surface area contributed by atoms with Crippen LogP contribution < -0.4 is 5.69 Å². The van der Waals surface area contributed by atoms with Crippen LogP contribution in [0.2, 0.25) is 0 Å². The lowest BCUT2D eigenvalue weighted by atomic mass is 10.2. The summed E-state index contributed by atoms with van der Waals surface area (Å²) in [5.74, 6) is 0. The molecular formula is C13H12N4OS. The summed E-state index contributed by atoms with van der Waals surface area (Å²) in [7, 11) is 0. The zero-order valence-corrected chi connectivity index (χ0v) is 11.1. The highest BCUT2D eigenvalue weighted by Crippen LogP contribution is 2.14. The normalized spacial score (nSPS) is 11.0. The van der Waals surface area contributed by atoms with E-state index in [9.17, 15) is 4.79 Å². The minimum absolute atomic E-state index is 0.183. The summed E-state index contributed by atoms with van der Waals surface area (Å²) in [4.78, 5) is 23.3. The van der Waals surface area contributed by atoms with Gasteiger partial charge in [-0.1, -0.05) is 30.3 Å². The summed E-state index contributed by atoms with van der Waals surface area (Å²) in [5.41, 5.74) is 2.00. The van der Waals surface area contributed by atoms with Gasteiger partial charge >= 0.3 is 5.69 Å². The molecule has 19 heavy (non-hydrogen) atoms. The largest absolute Gasteiger partial charge is 0.329 e. The van der Waals surface area contributed by atoms with Crippen molar-refractivity contribution in [3.05, 3.63) is 52.6 Å². The van der Waals surface area contributed by atoms with E-state index in [1.807, 2.05) is 36.6 Å². The van der Waals surface area contributed by atoms with Gasteiger partial charge in [0.15, 0.2) is 11.3 Å². The van der Waals surface area contributed by atoms with Gasteiger partial charge in [-0.3, -0.25) is 9.55 Å². The van der Waals surface area contributed by atoms with Crippen molar-refractivity contribution in [2.75, 3.05) is 6.26 Å². The first kappa shape index (κ1) is 12.0. The number of benzene rings is 1. The molecule has 0 amide bonds. The number of fused-ring (bicyclic) bond motifs is 1. The summed E-state index contributed by atoms with van der Waals surface area (Å²) < 4.78 is 1.61. The number of rotatable bonds is 3. The van der Waals surface area contributed by atoms with E-state index in [0.29, 0.717) is 17.8 Å². The third kappa shape index (κ3) is 2.26. The van der Waals surface area contributed by atoms with Crippen molar-refractivity contribution in [3.63, 3.8) is 0 Å². The Morgan fingerprint density at radius 2 is 2.11 bits per heavy atom. The van der Waals surface area contributed by atoms with E-state index in [4.69, 9.17) is 0 Å². The molecule has 5 nitrogen and oxygen atoms in total. The molecule has 0 aliphatic rings. The molecular weight excluding hydrogens is 260 g/mol. The predicted molar refractivity (Wildman–Crippen MR) is 75.5 cm³/mol. The van der Waals surface area contributed by atoms with Gasteiger partial charge in [0.2, 0.25) is 0 Å². The molecule has 0 bridgehead atoms. The fraction of sp³-hybridized carbons (Fsp3) is 0.154. The molecule has 0 fully saturated rings. The maximum atomic E-state index is 12.0. The molecule has 2 heterocycles. The Morgan fingerprint density at radius 1 is 1.32 bits per heavy atom. The Kier molecular flexibility index (Phi) is 3.08. The van der Waals surface area contributed by atoms with Gasteiger partial charge in [0, 0.05) is 0 Å². The Labute approximate surface area is 113 Å². The van der Waals surface area contributed by atoms with Crippen LogP contribution in [0.25, 0.3) is 11.3 Å². The van der Waals surface area contributed by atoms with Crippen molar-refractivity contribution < 1.29 is 0 Å². The molecule has 3 aromatic rings. The van der Waals surface area contributed by atoms with Crippen LogP contribution in [0.15, 0.2) is 46.3 Å². The lowest BCUT2D eigenvalue weighted by Gasteiger charge is -2.03. The van der Waals surface area contributed by atoms with E-state index in [1.54, 1.807) is 10.8 Å². The fourth-order valence-corrected chi connectivity index (χ4v) is 2.25. The molecule has 0 saturated carbocycles. The Bertz CT molecular complexity index is 763. The van der Waals surface area contributed by atoms with Crippen molar-refractivity contribution in [1.82, 2.24) is 19.5 Å². The topological polar surface area (TPSA) is 63.6 Å². The fourth-order valence-electron chi connectivity index (χ4n) is 1.92. The number of H-pyrrole nitrogens is 1. The molecule has 3 rings (SSSR count). The summed E-state index contributed by atoms with van der Waals surface area (Å²) in [6, 6.07) is 9.82. The second-order valence-corrected chi connectivity index (χ2v) is 4.91. The second-order valence-electron chi connectivity index (χ2n) is 4.09. The van der Waals surface area contributed by atoms with Crippen molar-refractivity contribution in [2.24, 2.45) is 0 Å². The molecule has 96 valence electrons. The molecule has 0 aliphatic carbocycles. The van der Waals surface area contributed by atoms with E-state index in [2.05, 4.69) is 15.0 Å². The van der Waals surface area contributed by atoms with Gasteiger partial charge in [0.05, 0.1) is 12.7 Å². The lowest BCUT2D eigenvalue weighted by molar-refractivity contribution is 0.774. The van der Waals surface area contributed by atoms with Gasteiger partial charge in [-0.2, -0.15) is 0 Å². The maximum Gasteiger partial charge on any atom is 0.329 e. The number of thioether (sulfide) groups is 1. The molecule has 6 heteroatoms. The highest BCUT2D eigenvalue weighted by molar-refractivity contribution is 7.98. The van der Waals surface area contributed by atoms with Gasteiger partial charge in [-0.05, 0) is 11.8 Å². The van der Waals surface area contributed by atoms with Crippen LogP contribution in [0.5, 0.6) is 0 Å². The Balaban J connectivity index is 2.12. The van der Waals surface area contributed by atoms with Crippen molar-refractivity contribution in [2.45, 2.75) is 11.6 Å². The van der Waals surface area contributed by atoms with E-state index in [-0.39, 0.29) is 5.69 Å². The number of hydrogen-bond donors (Lipinski definition) is 1. The summed E-state index contributed by atoms with van der Waals surface area (Å²) in [5, 5.41) is 0.799. The molecule has 0 saturated heterocycles. The molecule has 0 spiro atoms. The highest BCUT2D eigenvalue weighted by Gasteiger charge is 2.10. The number of aromatic nitrogens is 4. The number of nitrogens with one attached hydrogen (secondary N) is 1. The first-order valence-corrected chi connectivity index (χ1v) is 7.04. The van der Waals surface area contributed by atoms with E-state index >= 15 is 0 Å². The van der Waals surface area contributed by atoms with Crippen molar-refractivity contribution >= 4 is 23.1 Å². The minimum Gasteiger partial charge on any atom is -0.289 e. The molecule has 0 aliphatic heterocycles. The first-order chi connectivity index (χ1) is 9.28. The van der Waals surface area contributed by atoms with Crippen LogP contribution >= 0.6 is 11.8 Å². The van der Waals surface area contributed by atoms with Gasteiger partial charge in [0.25, 0.3) is 0 Å². The SMILES string of the molecule is CSc1cnc2[nH]c(=O)n(Cc3ccccc3)c2n1. The predicted octanol–water partition coefficient (Wildman–Crippen LogP) is 1.89. The van der Waals surface area contributed by atoms with Crippen LogP contribution in [0, 0.1) is 0 Å². The highest BCUT2D eigenvalue weighted by atomic mass is 32.2. The van der Waals surface area contributed by atoms with Crippen molar-refractivity contribution in [3.8, 4) is 0 Å². The van der Waals surface area contributed by atoms with Gasteiger partial charge < -0.3 is 0 Å². The molecule has 0 unspecified atom stereocenters. The Hall–Kier alpha value is -2.08. The smallest absolute Gasteiger partial charge is 0.289 e. The zero-order valence-electron chi connectivity index (χ0n) is 10.3. The quantitative estimate of drug-likeness (QED) is 0.740. The van der Waals surface area contributed by atoms with Gasteiger partial charge in [-0.15, -0.1) is 11.8 Å². The second kappa shape index (κ2) is 4.89. The third-order valence-electron chi connectivity index (χ3n) is 2.85. The maximum absolute atomic E-state index is 12.0. The van der Waals surface area contributed by atoms with Crippen LogP contribution in [0.1, 0.15) is 5.56 Å². The number of imidazole rings is 1. The minimum atomic E-state index is -0.183. The lowest BCUT2D eigenvalue weighted by Crippen LogP contribution is -2.17. The molecule has 2 aromatic heterocycles. The average molecular weight is 272 g/mol. The van der Waals surface area contributed by atoms with Crippen LogP contribution in [0.3, 0.4) is 0 Å². The van der Waals surface area contributed by atoms with Gasteiger partial charge in [0.1, 0.15) is 5.03 Å². The first-order valence-electron chi connectivity index (χ1n) is 5.81. The Morgan fingerprint density at radius 3 is 2.84 bits per heavy atom. The third-order valence-corrected chi connectivity index (χ3v) is 3.47. The summed E-state index contributed by atoms with van der Waals surface area (Å²) >= 11 is 1.51. The average Bonchev–Trinajstić information content (AvgIpc) is 2.76. The number of aromatic amines is 1. The molecule has 1 N–H and O–H groups in total. The summed E-state index contributed by atoms with van der Waals surface area (Å²) in [6.07, 6.45) is 3.60. The van der Waals surface area contributed by atoms with Crippen LogP contribution in [0.4, 0.5) is 0 Å². The van der Waals surface area contributed by atoms with E-state index in [0.717, 1.165) is 10.6 Å². The van der Waals surface area contributed by atoms with Crippen LogP contribution in [-0.4, -0.2) is 25.8 Å². The zero-order chi connectivity index (χ0) is 13.2. The van der Waals surface area contributed by atoms with Crippen LogP contribution in [-0.2, 0) is 6.54 Å². The van der Waals surface area contributed by atoms with Crippen molar-refractivity contribution in [1.29, 1.82) is 0 Å². The molecule has 1 aromatic carbocycles. The number of nitrogens with zero attached hydrogens (tertiary/aromatic N) is 3. The molecule has 0 radical (unpaired) electrons. The monoisotopic (exact) mass is 272 g/mol. The summed E-state index contributed by atoms with van der Waals surface area (Å²) in [6.45, 7) is 0.492. The van der Waals surface area contributed by atoms with E-state index in [1.165, 1.54) is 11.8 Å².